The summed E-state index contributed by atoms with van der Waals surface area (Å²) in [7, 11) is 0. The van der Waals surface area contributed by atoms with Crippen LogP contribution in [0.2, 0.25) is 0 Å². The minimum Gasteiger partial charge on any atom is -0.339 e. The molecule has 1 aliphatic rings. The molecule has 1 aromatic carbocycles. The zero-order valence-corrected chi connectivity index (χ0v) is 10.8. The molecule has 0 spiro atoms. The quantitative estimate of drug-likeness (QED) is 0.646. The van der Waals surface area contributed by atoms with Gasteiger partial charge >= 0.3 is 0 Å². The third-order valence-corrected chi connectivity index (χ3v) is 3.49. The van der Waals surface area contributed by atoms with Gasteiger partial charge in [0.1, 0.15) is 0 Å². The third kappa shape index (κ3) is 2.90. The molecule has 0 atom stereocenters. The van der Waals surface area contributed by atoms with E-state index in [4.69, 9.17) is 5.73 Å². The predicted octanol–water partition coefficient (Wildman–Crippen LogP) is 1.47. The molecule has 1 aliphatic heterocycles. The maximum atomic E-state index is 12.4. The van der Waals surface area contributed by atoms with Gasteiger partial charge in [-0.15, -0.1) is 0 Å². The second-order valence-corrected chi connectivity index (χ2v) is 4.89. The van der Waals surface area contributed by atoms with E-state index in [2.05, 4.69) is 0 Å². The van der Waals surface area contributed by atoms with E-state index in [0.29, 0.717) is 18.7 Å². The second-order valence-electron chi connectivity index (χ2n) is 4.89. The summed E-state index contributed by atoms with van der Waals surface area (Å²) in [4.78, 5) is 24.4. The van der Waals surface area contributed by atoms with Gasteiger partial charge in [-0.3, -0.25) is 14.9 Å². The van der Waals surface area contributed by atoms with Crippen molar-refractivity contribution >= 4 is 11.6 Å². The standard InChI is InChI=1S/C13H17N3O3/c1-9-2-3-11(16(18)19)8-12(9)13(17)15-6-4-10(14)5-7-15/h2-3,8,10H,4-7,14H2,1H3. The van der Waals surface area contributed by atoms with Crippen LogP contribution in [0.15, 0.2) is 18.2 Å². The van der Waals surface area contributed by atoms with Gasteiger partial charge < -0.3 is 10.6 Å². The van der Waals surface area contributed by atoms with Crippen molar-refractivity contribution in [1.29, 1.82) is 0 Å². The molecule has 1 heterocycles. The highest BCUT2D eigenvalue weighted by Gasteiger charge is 2.24. The molecule has 0 aromatic heterocycles. The molecule has 102 valence electrons. The highest BCUT2D eigenvalue weighted by molar-refractivity contribution is 5.96. The van der Waals surface area contributed by atoms with E-state index in [9.17, 15) is 14.9 Å². The van der Waals surface area contributed by atoms with Crippen LogP contribution in [-0.2, 0) is 0 Å². The van der Waals surface area contributed by atoms with Crippen molar-refractivity contribution in [2.24, 2.45) is 5.73 Å². The Bertz CT molecular complexity index is 508. The summed E-state index contributed by atoms with van der Waals surface area (Å²) in [5.41, 5.74) is 6.91. The number of nitrogens with zero attached hydrogens (tertiary/aromatic N) is 2. The number of amides is 1. The first-order chi connectivity index (χ1) is 8.99. The zero-order chi connectivity index (χ0) is 14.0. The Kier molecular flexibility index (Phi) is 3.80. The van der Waals surface area contributed by atoms with Crippen molar-refractivity contribution in [2.45, 2.75) is 25.8 Å². The number of non-ortho nitro benzene ring substituents is 1. The number of aryl methyl sites for hydroxylation is 1. The molecule has 6 heteroatoms. The number of benzene rings is 1. The monoisotopic (exact) mass is 263 g/mol. The van der Waals surface area contributed by atoms with Crippen LogP contribution in [0.25, 0.3) is 0 Å². The molecular weight excluding hydrogens is 246 g/mol. The fraction of sp³-hybridized carbons (Fsp3) is 0.462. The number of hydrogen-bond acceptors (Lipinski definition) is 4. The van der Waals surface area contributed by atoms with Crippen LogP contribution in [-0.4, -0.2) is 34.9 Å². The summed E-state index contributed by atoms with van der Waals surface area (Å²) < 4.78 is 0. The molecule has 0 saturated carbocycles. The van der Waals surface area contributed by atoms with Crippen molar-refractivity contribution < 1.29 is 9.72 Å². The van der Waals surface area contributed by atoms with E-state index < -0.39 is 4.92 Å². The molecule has 2 rings (SSSR count). The molecule has 6 nitrogen and oxygen atoms in total. The minimum atomic E-state index is -0.484. The summed E-state index contributed by atoms with van der Waals surface area (Å²) >= 11 is 0. The van der Waals surface area contributed by atoms with Gasteiger partial charge in [0.15, 0.2) is 0 Å². The lowest BCUT2D eigenvalue weighted by atomic mass is 10.0. The summed E-state index contributed by atoms with van der Waals surface area (Å²) in [6.07, 6.45) is 1.55. The number of carbonyl (C=O) groups excluding carboxylic acids is 1. The minimum absolute atomic E-state index is 0.0531. The molecular formula is C13H17N3O3. The van der Waals surface area contributed by atoms with Gasteiger partial charge in [0.2, 0.25) is 0 Å². The van der Waals surface area contributed by atoms with Crippen LogP contribution in [0.5, 0.6) is 0 Å². The number of likely N-dealkylation sites (tertiary alicyclic amines) is 1. The van der Waals surface area contributed by atoms with Crippen LogP contribution < -0.4 is 5.73 Å². The van der Waals surface area contributed by atoms with Crippen LogP contribution in [0.4, 0.5) is 5.69 Å². The Morgan fingerprint density at radius 3 is 2.63 bits per heavy atom. The van der Waals surface area contributed by atoms with E-state index >= 15 is 0 Å². The number of carbonyl (C=O) groups is 1. The van der Waals surface area contributed by atoms with Gasteiger partial charge in [0.25, 0.3) is 11.6 Å². The highest BCUT2D eigenvalue weighted by atomic mass is 16.6. The van der Waals surface area contributed by atoms with Crippen LogP contribution >= 0.6 is 0 Å². The lowest BCUT2D eigenvalue weighted by molar-refractivity contribution is -0.384. The topological polar surface area (TPSA) is 89.5 Å². The number of nitro benzene ring substituents is 1. The van der Waals surface area contributed by atoms with Gasteiger partial charge in [-0.05, 0) is 25.3 Å². The first-order valence-electron chi connectivity index (χ1n) is 6.29. The summed E-state index contributed by atoms with van der Waals surface area (Å²) in [6, 6.07) is 4.53. The SMILES string of the molecule is Cc1ccc([N+](=O)[O-])cc1C(=O)N1CCC(N)CC1. The van der Waals surface area contributed by atoms with Crippen molar-refractivity contribution in [3.63, 3.8) is 0 Å². The van der Waals surface area contributed by atoms with Crippen molar-refractivity contribution in [3.05, 3.63) is 39.4 Å². The maximum absolute atomic E-state index is 12.4. The molecule has 19 heavy (non-hydrogen) atoms. The first-order valence-corrected chi connectivity index (χ1v) is 6.29. The largest absolute Gasteiger partial charge is 0.339 e. The average Bonchev–Trinajstić information content (AvgIpc) is 2.39. The molecule has 1 aromatic rings. The molecule has 0 aliphatic carbocycles. The first kappa shape index (κ1) is 13.5. The van der Waals surface area contributed by atoms with Gasteiger partial charge in [-0.25, -0.2) is 0 Å². The highest BCUT2D eigenvalue weighted by Crippen LogP contribution is 2.20. The molecule has 1 saturated heterocycles. The molecule has 0 bridgehead atoms. The zero-order valence-electron chi connectivity index (χ0n) is 10.8. The average molecular weight is 263 g/mol. The van der Waals surface area contributed by atoms with E-state index in [1.165, 1.54) is 12.1 Å². The predicted molar refractivity (Wildman–Crippen MR) is 70.9 cm³/mol. The van der Waals surface area contributed by atoms with E-state index in [1.807, 2.05) is 0 Å². The lowest BCUT2D eigenvalue weighted by Gasteiger charge is -2.30. The van der Waals surface area contributed by atoms with Gasteiger partial charge in [-0.1, -0.05) is 6.07 Å². The summed E-state index contributed by atoms with van der Waals surface area (Å²) in [6.45, 7) is 3.01. The Morgan fingerprint density at radius 2 is 2.05 bits per heavy atom. The van der Waals surface area contributed by atoms with E-state index in [-0.39, 0.29) is 17.6 Å². The molecule has 1 amide bonds. The Labute approximate surface area is 111 Å². The second kappa shape index (κ2) is 5.36. The van der Waals surface area contributed by atoms with Gasteiger partial charge in [0.05, 0.1) is 4.92 Å². The molecule has 0 unspecified atom stereocenters. The maximum Gasteiger partial charge on any atom is 0.270 e. The number of piperidine rings is 1. The Balaban J connectivity index is 2.23. The van der Waals surface area contributed by atoms with Crippen LogP contribution in [0, 0.1) is 17.0 Å². The van der Waals surface area contributed by atoms with Crippen LogP contribution in [0.3, 0.4) is 0 Å². The summed E-state index contributed by atoms with van der Waals surface area (Å²) in [5.74, 6) is -0.145. The summed E-state index contributed by atoms with van der Waals surface area (Å²) in [5, 5.41) is 10.8. The fourth-order valence-electron chi connectivity index (χ4n) is 2.23. The molecule has 1 fully saturated rings. The van der Waals surface area contributed by atoms with Gasteiger partial charge in [-0.2, -0.15) is 0 Å². The fourth-order valence-corrected chi connectivity index (χ4v) is 2.23. The number of hydrogen-bond donors (Lipinski definition) is 1. The van der Waals surface area contributed by atoms with E-state index in [0.717, 1.165) is 18.4 Å². The van der Waals surface area contributed by atoms with Gasteiger partial charge in [0, 0.05) is 36.8 Å². The Hall–Kier alpha value is -1.95. The lowest BCUT2D eigenvalue weighted by Crippen LogP contribution is -2.43. The molecule has 2 N–H and O–H groups in total. The van der Waals surface area contributed by atoms with Crippen molar-refractivity contribution in [2.75, 3.05) is 13.1 Å². The number of nitro groups is 1. The Morgan fingerprint density at radius 1 is 1.42 bits per heavy atom. The normalized spacial score (nSPS) is 16.4. The van der Waals surface area contributed by atoms with E-state index in [1.54, 1.807) is 17.9 Å². The smallest absolute Gasteiger partial charge is 0.270 e. The third-order valence-electron chi connectivity index (χ3n) is 3.49. The van der Waals surface area contributed by atoms with Crippen molar-refractivity contribution in [3.8, 4) is 0 Å². The number of rotatable bonds is 2. The van der Waals surface area contributed by atoms with Crippen LogP contribution in [0.1, 0.15) is 28.8 Å². The van der Waals surface area contributed by atoms with Crippen molar-refractivity contribution in [1.82, 2.24) is 4.90 Å². The number of nitrogens with two attached hydrogens (primary N) is 1. The molecule has 0 radical (unpaired) electrons.